The van der Waals surface area contributed by atoms with E-state index in [-0.39, 0.29) is 0 Å². The first kappa shape index (κ1) is 13.9. The number of fused-ring (bicyclic) bond motifs is 1. The standard InChI is InChI=1S/C17H17N5O/c23-14-3-1-13(2-4-14)20-16-5-6-17-19-11-15(22(17)21-16)12-7-9-18-10-8-12/h5-11,13H,1-4H2,(H,20,21). The summed E-state index contributed by atoms with van der Waals surface area (Å²) in [6.07, 6.45) is 8.41. The minimum atomic E-state index is 0.311. The van der Waals surface area contributed by atoms with Crippen LogP contribution >= 0.6 is 0 Å². The van der Waals surface area contributed by atoms with Gasteiger partial charge in [0.25, 0.3) is 0 Å². The smallest absolute Gasteiger partial charge is 0.154 e. The maximum atomic E-state index is 11.3. The van der Waals surface area contributed by atoms with Gasteiger partial charge in [-0.25, -0.2) is 9.50 Å². The summed E-state index contributed by atoms with van der Waals surface area (Å²) in [7, 11) is 0. The van der Waals surface area contributed by atoms with Crippen LogP contribution in [0.15, 0.2) is 42.9 Å². The maximum absolute atomic E-state index is 11.3. The number of nitrogens with one attached hydrogen (secondary N) is 1. The first-order chi connectivity index (χ1) is 11.3. The summed E-state index contributed by atoms with van der Waals surface area (Å²) in [6, 6.07) is 8.09. The molecule has 0 saturated heterocycles. The molecule has 1 N–H and O–H groups in total. The lowest BCUT2D eigenvalue weighted by Crippen LogP contribution is -2.26. The van der Waals surface area contributed by atoms with Gasteiger partial charge >= 0.3 is 0 Å². The third-order valence-electron chi connectivity index (χ3n) is 4.23. The van der Waals surface area contributed by atoms with Gasteiger partial charge in [0, 0.05) is 36.8 Å². The SMILES string of the molecule is O=C1CCC(Nc2ccc3ncc(-c4ccncc4)n3n2)CC1. The summed E-state index contributed by atoms with van der Waals surface area (Å²) < 4.78 is 1.84. The van der Waals surface area contributed by atoms with E-state index in [1.54, 1.807) is 12.4 Å². The third-order valence-corrected chi connectivity index (χ3v) is 4.23. The number of nitrogens with zero attached hydrogens (tertiary/aromatic N) is 4. The Hall–Kier alpha value is -2.76. The van der Waals surface area contributed by atoms with Gasteiger partial charge in [-0.2, -0.15) is 0 Å². The predicted molar refractivity (Wildman–Crippen MR) is 87.1 cm³/mol. The minimum absolute atomic E-state index is 0.311. The van der Waals surface area contributed by atoms with Crippen molar-refractivity contribution in [3.05, 3.63) is 42.9 Å². The number of carbonyl (C=O) groups is 1. The Balaban J connectivity index is 1.63. The van der Waals surface area contributed by atoms with Crippen LogP contribution in [0.25, 0.3) is 16.9 Å². The van der Waals surface area contributed by atoms with Gasteiger partial charge in [-0.05, 0) is 37.1 Å². The number of aromatic nitrogens is 4. The first-order valence-electron chi connectivity index (χ1n) is 7.83. The van der Waals surface area contributed by atoms with Crippen molar-refractivity contribution in [1.82, 2.24) is 19.6 Å². The second-order valence-electron chi connectivity index (χ2n) is 5.83. The molecule has 6 nitrogen and oxygen atoms in total. The van der Waals surface area contributed by atoms with Crippen LogP contribution < -0.4 is 5.32 Å². The molecule has 0 spiro atoms. The Morgan fingerprint density at radius 2 is 1.87 bits per heavy atom. The molecule has 1 fully saturated rings. The molecule has 6 heteroatoms. The summed E-state index contributed by atoms with van der Waals surface area (Å²) >= 11 is 0. The zero-order valence-electron chi connectivity index (χ0n) is 12.6. The third kappa shape index (κ3) is 2.79. The number of imidazole rings is 1. The van der Waals surface area contributed by atoms with Crippen LogP contribution in [0.4, 0.5) is 5.82 Å². The van der Waals surface area contributed by atoms with Gasteiger partial charge in [-0.1, -0.05) is 0 Å². The van der Waals surface area contributed by atoms with Gasteiger partial charge in [0.15, 0.2) is 5.65 Å². The molecule has 23 heavy (non-hydrogen) atoms. The normalized spacial score (nSPS) is 15.9. The van der Waals surface area contributed by atoms with Crippen LogP contribution in [0, 0.1) is 0 Å². The largest absolute Gasteiger partial charge is 0.366 e. The average Bonchev–Trinajstić information content (AvgIpc) is 3.01. The van der Waals surface area contributed by atoms with E-state index < -0.39 is 0 Å². The van der Waals surface area contributed by atoms with Crippen LogP contribution in [0.1, 0.15) is 25.7 Å². The van der Waals surface area contributed by atoms with E-state index in [1.165, 1.54) is 0 Å². The molecular formula is C17H17N5O. The van der Waals surface area contributed by atoms with E-state index in [0.717, 1.165) is 35.6 Å². The van der Waals surface area contributed by atoms with Crippen molar-refractivity contribution >= 4 is 17.2 Å². The van der Waals surface area contributed by atoms with Crippen LogP contribution in [0.5, 0.6) is 0 Å². The number of ketones is 1. The minimum Gasteiger partial charge on any atom is -0.366 e. The lowest BCUT2D eigenvalue weighted by Gasteiger charge is -2.22. The highest BCUT2D eigenvalue weighted by molar-refractivity contribution is 5.79. The first-order valence-corrected chi connectivity index (χ1v) is 7.83. The van der Waals surface area contributed by atoms with E-state index in [4.69, 9.17) is 0 Å². The van der Waals surface area contributed by atoms with Gasteiger partial charge in [-0.15, -0.1) is 5.10 Å². The molecule has 3 aromatic rings. The van der Waals surface area contributed by atoms with Crippen LogP contribution in [-0.2, 0) is 4.79 Å². The number of pyridine rings is 1. The topological polar surface area (TPSA) is 72.2 Å². The molecule has 4 rings (SSSR count). The van der Waals surface area contributed by atoms with Crippen molar-refractivity contribution in [2.75, 3.05) is 5.32 Å². The summed E-state index contributed by atoms with van der Waals surface area (Å²) in [6.45, 7) is 0. The van der Waals surface area contributed by atoms with Gasteiger partial charge in [0.05, 0.1) is 11.9 Å². The van der Waals surface area contributed by atoms with Gasteiger partial charge in [-0.3, -0.25) is 9.78 Å². The van der Waals surface area contributed by atoms with E-state index >= 15 is 0 Å². The Morgan fingerprint density at radius 3 is 2.65 bits per heavy atom. The Bertz CT molecular complexity index is 833. The number of hydrogen-bond donors (Lipinski definition) is 1. The van der Waals surface area contributed by atoms with Crippen LogP contribution in [0.2, 0.25) is 0 Å². The van der Waals surface area contributed by atoms with Crippen molar-refractivity contribution in [2.24, 2.45) is 0 Å². The predicted octanol–water partition coefficient (Wildman–Crippen LogP) is 2.71. The molecule has 0 aromatic carbocycles. The maximum Gasteiger partial charge on any atom is 0.154 e. The summed E-state index contributed by atoms with van der Waals surface area (Å²) in [4.78, 5) is 19.8. The molecule has 3 aromatic heterocycles. The van der Waals surface area contributed by atoms with Gasteiger partial charge in [0.2, 0.25) is 0 Å². The highest BCUT2D eigenvalue weighted by Crippen LogP contribution is 2.22. The van der Waals surface area contributed by atoms with Crippen LogP contribution in [0.3, 0.4) is 0 Å². The molecule has 1 aliphatic rings. The number of rotatable bonds is 3. The zero-order valence-corrected chi connectivity index (χ0v) is 12.6. The van der Waals surface area contributed by atoms with E-state index in [1.807, 2.05) is 35.0 Å². The van der Waals surface area contributed by atoms with Crippen molar-refractivity contribution in [3.8, 4) is 11.3 Å². The fourth-order valence-electron chi connectivity index (χ4n) is 2.96. The summed E-state index contributed by atoms with van der Waals surface area (Å²) in [5.74, 6) is 1.17. The molecule has 0 aliphatic heterocycles. The van der Waals surface area contributed by atoms with E-state index in [2.05, 4.69) is 20.4 Å². The highest BCUT2D eigenvalue weighted by atomic mass is 16.1. The molecule has 3 heterocycles. The number of Topliss-reactive ketones (excluding diaryl/α,β-unsaturated/α-hetero) is 1. The molecular weight excluding hydrogens is 290 g/mol. The molecule has 0 amide bonds. The van der Waals surface area contributed by atoms with Crippen LogP contribution in [-0.4, -0.2) is 31.4 Å². The summed E-state index contributed by atoms with van der Waals surface area (Å²) in [5.41, 5.74) is 2.77. The molecule has 116 valence electrons. The molecule has 0 atom stereocenters. The second kappa shape index (κ2) is 5.79. The molecule has 1 aliphatic carbocycles. The number of anilines is 1. The molecule has 1 saturated carbocycles. The second-order valence-corrected chi connectivity index (χ2v) is 5.83. The quantitative estimate of drug-likeness (QED) is 0.805. The van der Waals surface area contributed by atoms with Crippen molar-refractivity contribution in [1.29, 1.82) is 0 Å². The average molecular weight is 307 g/mol. The van der Waals surface area contributed by atoms with E-state index in [9.17, 15) is 4.79 Å². The Labute approximate surface area is 133 Å². The Kier molecular flexibility index (Phi) is 3.49. The fourth-order valence-corrected chi connectivity index (χ4v) is 2.96. The summed E-state index contributed by atoms with van der Waals surface area (Å²) in [5, 5.41) is 8.10. The highest BCUT2D eigenvalue weighted by Gasteiger charge is 2.19. The van der Waals surface area contributed by atoms with Gasteiger partial charge < -0.3 is 5.32 Å². The lowest BCUT2D eigenvalue weighted by atomic mass is 9.94. The fraction of sp³-hybridized carbons (Fsp3) is 0.294. The van der Waals surface area contributed by atoms with Crippen molar-refractivity contribution in [3.63, 3.8) is 0 Å². The zero-order chi connectivity index (χ0) is 15.6. The van der Waals surface area contributed by atoms with Crippen molar-refractivity contribution in [2.45, 2.75) is 31.7 Å². The Morgan fingerprint density at radius 1 is 1.09 bits per heavy atom. The molecule has 0 unspecified atom stereocenters. The molecule has 0 bridgehead atoms. The van der Waals surface area contributed by atoms with Crippen molar-refractivity contribution < 1.29 is 4.79 Å². The number of hydrogen-bond acceptors (Lipinski definition) is 5. The number of carbonyl (C=O) groups excluding carboxylic acids is 1. The monoisotopic (exact) mass is 307 g/mol. The van der Waals surface area contributed by atoms with Gasteiger partial charge in [0.1, 0.15) is 11.6 Å². The van der Waals surface area contributed by atoms with E-state index in [0.29, 0.717) is 24.7 Å². The molecule has 0 radical (unpaired) electrons. The lowest BCUT2D eigenvalue weighted by molar-refractivity contribution is -0.120.